The molecule has 1 heterocycles. The van der Waals surface area contributed by atoms with Crippen molar-refractivity contribution in [1.82, 2.24) is 5.32 Å². The number of esters is 2. The van der Waals surface area contributed by atoms with E-state index in [9.17, 15) is 32.9 Å². The van der Waals surface area contributed by atoms with Crippen LogP contribution in [0.1, 0.15) is 25.3 Å². The molecular weight excluding hydrogens is 397 g/mol. The molecule has 0 saturated carbocycles. The van der Waals surface area contributed by atoms with Gasteiger partial charge in [-0.1, -0.05) is 12.1 Å². The van der Waals surface area contributed by atoms with Gasteiger partial charge < -0.3 is 14.8 Å². The monoisotopic (exact) mass is 414 g/mol. The van der Waals surface area contributed by atoms with Crippen LogP contribution in [0.3, 0.4) is 0 Å². The number of nitrogens with one attached hydrogen (secondary N) is 1. The molecule has 0 aliphatic carbocycles. The molecule has 0 radical (unpaired) electrons. The first-order valence-corrected chi connectivity index (χ1v) is 8.21. The van der Waals surface area contributed by atoms with Crippen LogP contribution >= 0.6 is 0 Å². The van der Waals surface area contributed by atoms with Gasteiger partial charge in [-0.3, -0.25) is 10.1 Å². The molecule has 1 aromatic rings. The lowest BCUT2D eigenvalue weighted by atomic mass is 9.80. The number of rotatable bonds is 5. The molecule has 0 spiro atoms. The first kappa shape index (κ1) is 21.9. The Morgan fingerprint density at radius 3 is 2.28 bits per heavy atom. The van der Waals surface area contributed by atoms with Crippen molar-refractivity contribution in [1.29, 1.82) is 0 Å². The fourth-order valence-electron chi connectivity index (χ4n) is 3.02. The van der Waals surface area contributed by atoms with Gasteiger partial charge in [-0.25, -0.2) is 9.59 Å². The number of methoxy groups -OCH3 is 1. The molecule has 0 amide bonds. The number of dihydropyridines is 1. The standard InChI is InChI=1S/C18H17F3N2O6/c1-9-13(16(24)28-3)15(11-5-4-6-12(7-11)23(26)27)14(10(2)22-9)17(25)29-8-18(19,20)21/h4-7,15,22H,8H2,1-3H3/t15-/m1/s1. The van der Waals surface area contributed by atoms with Crippen molar-refractivity contribution in [3.05, 3.63) is 62.5 Å². The molecule has 0 aromatic heterocycles. The van der Waals surface area contributed by atoms with Crippen LogP contribution in [0.2, 0.25) is 0 Å². The summed E-state index contributed by atoms with van der Waals surface area (Å²) in [6, 6.07) is 5.10. The second kappa shape index (κ2) is 8.33. The van der Waals surface area contributed by atoms with Crippen LogP contribution in [0, 0.1) is 10.1 Å². The quantitative estimate of drug-likeness (QED) is 0.448. The molecule has 1 atom stereocenters. The molecule has 1 aliphatic rings. The van der Waals surface area contributed by atoms with Gasteiger partial charge in [-0.05, 0) is 19.4 Å². The lowest BCUT2D eigenvalue weighted by molar-refractivity contribution is -0.384. The maximum absolute atomic E-state index is 12.5. The number of nitro groups is 1. The normalized spacial score (nSPS) is 17.0. The Labute approximate surface area is 163 Å². The first-order valence-electron chi connectivity index (χ1n) is 8.21. The largest absolute Gasteiger partial charge is 0.466 e. The number of alkyl halides is 3. The fraction of sp³-hybridized carbons (Fsp3) is 0.333. The van der Waals surface area contributed by atoms with E-state index >= 15 is 0 Å². The molecule has 0 bridgehead atoms. The zero-order chi connectivity index (χ0) is 21.9. The van der Waals surface area contributed by atoms with Crippen LogP contribution in [0.25, 0.3) is 0 Å². The van der Waals surface area contributed by atoms with E-state index in [2.05, 4.69) is 10.1 Å². The Kier molecular flexibility index (Phi) is 6.30. The minimum absolute atomic E-state index is 0.0717. The third kappa shape index (κ3) is 4.92. The van der Waals surface area contributed by atoms with Crippen molar-refractivity contribution in [3.8, 4) is 0 Å². The highest BCUT2D eigenvalue weighted by atomic mass is 19.4. The molecule has 1 N–H and O–H groups in total. The van der Waals surface area contributed by atoms with Crippen molar-refractivity contribution < 1.29 is 37.2 Å². The van der Waals surface area contributed by atoms with E-state index in [1.54, 1.807) is 0 Å². The Hall–Kier alpha value is -3.37. The van der Waals surface area contributed by atoms with Gasteiger partial charge in [-0.2, -0.15) is 13.2 Å². The summed E-state index contributed by atoms with van der Waals surface area (Å²) in [7, 11) is 1.10. The molecule has 0 saturated heterocycles. The topological polar surface area (TPSA) is 108 Å². The maximum Gasteiger partial charge on any atom is 0.422 e. The summed E-state index contributed by atoms with van der Waals surface area (Å²) in [6.07, 6.45) is -4.75. The van der Waals surface area contributed by atoms with Gasteiger partial charge in [0.05, 0.1) is 29.1 Å². The van der Waals surface area contributed by atoms with E-state index in [4.69, 9.17) is 4.74 Å². The molecule has 1 aliphatic heterocycles. The highest BCUT2D eigenvalue weighted by Crippen LogP contribution is 2.40. The summed E-state index contributed by atoms with van der Waals surface area (Å²) in [5.41, 5.74) is -0.0716. The summed E-state index contributed by atoms with van der Waals surface area (Å²) >= 11 is 0. The smallest absolute Gasteiger partial charge is 0.422 e. The zero-order valence-electron chi connectivity index (χ0n) is 15.6. The lowest BCUT2D eigenvalue weighted by Gasteiger charge is -2.30. The number of allylic oxidation sites excluding steroid dienone is 2. The number of nitro benzene ring substituents is 1. The predicted molar refractivity (Wildman–Crippen MR) is 93.4 cm³/mol. The average molecular weight is 414 g/mol. The molecule has 11 heteroatoms. The third-order valence-corrected chi connectivity index (χ3v) is 4.17. The molecule has 8 nitrogen and oxygen atoms in total. The van der Waals surface area contributed by atoms with Crippen molar-refractivity contribution in [3.63, 3.8) is 0 Å². The molecule has 1 aromatic carbocycles. The Morgan fingerprint density at radius 1 is 1.17 bits per heavy atom. The number of carbonyl (C=O) groups is 2. The zero-order valence-corrected chi connectivity index (χ0v) is 15.6. The predicted octanol–water partition coefficient (Wildman–Crippen LogP) is 3.11. The van der Waals surface area contributed by atoms with Crippen molar-refractivity contribution in [2.45, 2.75) is 25.9 Å². The summed E-state index contributed by atoms with van der Waals surface area (Å²) < 4.78 is 46.6. The second-order valence-electron chi connectivity index (χ2n) is 6.17. The Morgan fingerprint density at radius 2 is 1.76 bits per heavy atom. The highest BCUT2D eigenvalue weighted by Gasteiger charge is 2.39. The molecule has 0 fully saturated rings. The van der Waals surface area contributed by atoms with E-state index < -0.39 is 35.6 Å². The van der Waals surface area contributed by atoms with E-state index in [1.807, 2.05) is 0 Å². The number of non-ortho nitro benzene ring substituents is 1. The molecule has 29 heavy (non-hydrogen) atoms. The summed E-state index contributed by atoms with van der Waals surface area (Å²) in [4.78, 5) is 35.3. The average Bonchev–Trinajstić information content (AvgIpc) is 2.64. The van der Waals surface area contributed by atoms with Gasteiger partial charge in [0.1, 0.15) is 0 Å². The summed E-state index contributed by atoms with van der Waals surface area (Å²) in [5, 5.41) is 13.9. The van der Waals surface area contributed by atoms with Gasteiger partial charge in [0.15, 0.2) is 6.61 Å². The van der Waals surface area contributed by atoms with Crippen LogP contribution in [0.4, 0.5) is 18.9 Å². The summed E-state index contributed by atoms with van der Waals surface area (Å²) in [5.74, 6) is -3.37. The molecular formula is C18H17F3N2O6. The fourth-order valence-corrected chi connectivity index (χ4v) is 3.02. The Bertz CT molecular complexity index is 920. The molecule has 0 unspecified atom stereocenters. The minimum Gasteiger partial charge on any atom is -0.466 e. The summed E-state index contributed by atoms with van der Waals surface area (Å²) in [6.45, 7) is 1.12. The lowest BCUT2D eigenvalue weighted by Crippen LogP contribution is -2.33. The van der Waals surface area contributed by atoms with Gasteiger partial charge in [0.25, 0.3) is 5.69 Å². The van der Waals surface area contributed by atoms with Crippen LogP contribution in [0.15, 0.2) is 46.8 Å². The molecule has 2 rings (SSSR count). The maximum atomic E-state index is 12.5. The van der Waals surface area contributed by atoms with Crippen molar-refractivity contribution in [2.75, 3.05) is 13.7 Å². The Balaban J connectivity index is 2.62. The minimum atomic E-state index is -4.75. The third-order valence-electron chi connectivity index (χ3n) is 4.17. The number of carbonyl (C=O) groups excluding carboxylic acids is 2. The van der Waals surface area contributed by atoms with E-state index in [0.29, 0.717) is 5.70 Å². The van der Waals surface area contributed by atoms with Crippen LogP contribution in [-0.4, -0.2) is 36.8 Å². The van der Waals surface area contributed by atoms with Gasteiger partial charge >= 0.3 is 18.1 Å². The van der Waals surface area contributed by atoms with Crippen LogP contribution < -0.4 is 5.32 Å². The van der Waals surface area contributed by atoms with Crippen molar-refractivity contribution >= 4 is 17.6 Å². The number of hydrogen-bond acceptors (Lipinski definition) is 7. The van der Waals surface area contributed by atoms with Crippen LogP contribution in [0.5, 0.6) is 0 Å². The number of benzene rings is 1. The number of halogens is 3. The number of nitrogens with zero attached hydrogens (tertiary/aromatic N) is 1. The number of hydrogen-bond donors (Lipinski definition) is 1. The first-order chi connectivity index (χ1) is 13.5. The van der Waals surface area contributed by atoms with E-state index in [-0.39, 0.29) is 28.1 Å². The SMILES string of the molecule is COC(=O)C1=C(C)NC(C)=C(C(=O)OCC(F)(F)F)[C@@H]1c1cccc([N+](=O)[O-])c1. The second-order valence-corrected chi connectivity index (χ2v) is 6.17. The molecule has 156 valence electrons. The van der Waals surface area contributed by atoms with Crippen LogP contribution in [-0.2, 0) is 19.1 Å². The van der Waals surface area contributed by atoms with Gasteiger partial charge in [-0.15, -0.1) is 0 Å². The van der Waals surface area contributed by atoms with Gasteiger partial charge in [0.2, 0.25) is 0 Å². The van der Waals surface area contributed by atoms with E-state index in [0.717, 1.165) is 13.2 Å². The highest BCUT2D eigenvalue weighted by molar-refractivity contribution is 5.99. The number of ether oxygens (including phenoxy) is 2. The van der Waals surface area contributed by atoms with E-state index in [1.165, 1.54) is 32.0 Å². The van der Waals surface area contributed by atoms with Crippen molar-refractivity contribution in [2.24, 2.45) is 0 Å². The van der Waals surface area contributed by atoms with Gasteiger partial charge in [0, 0.05) is 23.5 Å².